The summed E-state index contributed by atoms with van der Waals surface area (Å²) in [5.74, 6) is -0.399. The summed E-state index contributed by atoms with van der Waals surface area (Å²) in [7, 11) is 0. The number of rotatable bonds is 7. The van der Waals surface area contributed by atoms with Crippen LogP contribution >= 0.6 is 0 Å². The van der Waals surface area contributed by atoms with E-state index in [0.29, 0.717) is 12.3 Å². The van der Waals surface area contributed by atoms with Crippen molar-refractivity contribution in [3.8, 4) is 0 Å². The lowest BCUT2D eigenvalue weighted by molar-refractivity contribution is -0.137. The Labute approximate surface area is 92.6 Å². The molecule has 0 aliphatic carbocycles. The standard InChI is InChI=1S/C10H14N2O4/c13-9(7-11-4-3-10(14)15)12-6-8-2-1-5-16-8/h1-2,5,11H,3-4,6-7H2,(H,12,13)(H,14,15). The van der Waals surface area contributed by atoms with Crippen LogP contribution in [-0.2, 0) is 16.1 Å². The average molecular weight is 226 g/mol. The topological polar surface area (TPSA) is 91.6 Å². The molecule has 1 aromatic heterocycles. The maximum absolute atomic E-state index is 11.2. The SMILES string of the molecule is O=C(O)CCNCC(=O)NCc1ccco1. The van der Waals surface area contributed by atoms with Gasteiger partial charge in [-0.2, -0.15) is 0 Å². The molecule has 0 atom stereocenters. The fraction of sp³-hybridized carbons (Fsp3) is 0.400. The largest absolute Gasteiger partial charge is 0.481 e. The van der Waals surface area contributed by atoms with Crippen molar-refractivity contribution in [3.63, 3.8) is 0 Å². The van der Waals surface area contributed by atoms with Crippen molar-refractivity contribution in [3.05, 3.63) is 24.2 Å². The molecule has 0 aliphatic heterocycles. The van der Waals surface area contributed by atoms with Crippen molar-refractivity contribution < 1.29 is 19.1 Å². The molecule has 1 aromatic rings. The Balaban J connectivity index is 2.05. The summed E-state index contributed by atoms with van der Waals surface area (Å²) >= 11 is 0. The third-order valence-electron chi connectivity index (χ3n) is 1.84. The van der Waals surface area contributed by atoms with Crippen LogP contribution in [-0.4, -0.2) is 30.1 Å². The Kier molecular flexibility index (Phi) is 5.07. The molecule has 0 aliphatic rings. The highest BCUT2D eigenvalue weighted by Gasteiger charge is 2.02. The lowest BCUT2D eigenvalue weighted by atomic mass is 10.4. The van der Waals surface area contributed by atoms with Gasteiger partial charge in [0.15, 0.2) is 0 Å². The van der Waals surface area contributed by atoms with E-state index in [9.17, 15) is 9.59 Å². The van der Waals surface area contributed by atoms with Gasteiger partial charge in [0.05, 0.1) is 25.8 Å². The summed E-state index contributed by atoms with van der Waals surface area (Å²) < 4.78 is 5.03. The third kappa shape index (κ3) is 5.16. The molecule has 6 heteroatoms. The number of hydrogen-bond donors (Lipinski definition) is 3. The number of nitrogens with one attached hydrogen (secondary N) is 2. The van der Waals surface area contributed by atoms with Gasteiger partial charge in [0, 0.05) is 6.54 Å². The van der Waals surface area contributed by atoms with E-state index in [1.165, 1.54) is 6.26 Å². The molecule has 0 bridgehead atoms. The Morgan fingerprint density at radius 1 is 1.44 bits per heavy atom. The van der Waals surface area contributed by atoms with Crippen LogP contribution in [0.15, 0.2) is 22.8 Å². The fourth-order valence-corrected chi connectivity index (χ4v) is 1.06. The summed E-state index contributed by atoms with van der Waals surface area (Å²) in [6, 6.07) is 3.50. The van der Waals surface area contributed by atoms with Crippen LogP contribution in [0.4, 0.5) is 0 Å². The molecule has 0 spiro atoms. The summed E-state index contributed by atoms with van der Waals surface area (Å²) in [5, 5.41) is 13.7. The fourth-order valence-electron chi connectivity index (χ4n) is 1.06. The van der Waals surface area contributed by atoms with Crippen LogP contribution in [0.5, 0.6) is 0 Å². The van der Waals surface area contributed by atoms with E-state index in [2.05, 4.69) is 10.6 Å². The summed E-state index contributed by atoms with van der Waals surface area (Å²) in [6.45, 7) is 0.726. The van der Waals surface area contributed by atoms with Gasteiger partial charge in [-0.3, -0.25) is 9.59 Å². The van der Waals surface area contributed by atoms with Crippen LogP contribution in [0, 0.1) is 0 Å². The number of aliphatic carboxylic acids is 1. The molecule has 16 heavy (non-hydrogen) atoms. The van der Waals surface area contributed by atoms with Crippen molar-refractivity contribution in [1.82, 2.24) is 10.6 Å². The van der Waals surface area contributed by atoms with Gasteiger partial charge in [0.2, 0.25) is 5.91 Å². The molecule has 1 rings (SSSR count). The number of carboxylic acid groups (broad SMARTS) is 1. The van der Waals surface area contributed by atoms with Crippen LogP contribution in [0.1, 0.15) is 12.2 Å². The minimum Gasteiger partial charge on any atom is -0.481 e. The zero-order valence-electron chi connectivity index (χ0n) is 8.73. The maximum Gasteiger partial charge on any atom is 0.304 e. The second kappa shape index (κ2) is 6.62. The van der Waals surface area contributed by atoms with Gasteiger partial charge in [-0.1, -0.05) is 0 Å². The molecular weight excluding hydrogens is 212 g/mol. The average Bonchev–Trinajstić information content (AvgIpc) is 2.74. The molecule has 1 heterocycles. The van der Waals surface area contributed by atoms with Gasteiger partial charge in [-0.05, 0) is 12.1 Å². The molecule has 0 unspecified atom stereocenters. The van der Waals surface area contributed by atoms with Gasteiger partial charge < -0.3 is 20.2 Å². The molecule has 0 aromatic carbocycles. The molecular formula is C10H14N2O4. The number of carbonyl (C=O) groups excluding carboxylic acids is 1. The van der Waals surface area contributed by atoms with Crippen molar-refractivity contribution in [2.75, 3.05) is 13.1 Å². The highest BCUT2D eigenvalue weighted by Crippen LogP contribution is 1.97. The van der Waals surface area contributed by atoms with E-state index in [4.69, 9.17) is 9.52 Å². The number of amides is 1. The van der Waals surface area contributed by atoms with Crippen LogP contribution in [0.25, 0.3) is 0 Å². The summed E-state index contributed by atoms with van der Waals surface area (Å²) in [5.41, 5.74) is 0. The number of hydrogen-bond acceptors (Lipinski definition) is 4. The van der Waals surface area contributed by atoms with Crippen molar-refractivity contribution in [1.29, 1.82) is 0 Å². The van der Waals surface area contributed by atoms with Gasteiger partial charge in [0.1, 0.15) is 5.76 Å². The molecule has 0 saturated carbocycles. The monoisotopic (exact) mass is 226 g/mol. The smallest absolute Gasteiger partial charge is 0.304 e. The molecule has 0 saturated heterocycles. The summed E-state index contributed by atoms with van der Waals surface area (Å²) in [4.78, 5) is 21.4. The molecule has 3 N–H and O–H groups in total. The quantitative estimate of drug-likeness (QED) is 0.567. The highest BCUT2D eigenvalue weighted by molar-refractivity contribution is 5.78. The van der Waals surface area contributed by atoms with E-state index < -0.39 is 5.97 Å². The first kappa shape index (κ1) is 12.3. The second-order valence-electron chi connectivity index (χ2n) is 3.18. The van der Waals surface area contributed by atoms with E-state index in [-0.39, 0.29) is 25.4 Å². The number of furan rings is 1. The lowest BCUT2D eigenvalue weighted by Crippen LogP contribution is -2.34. The van der Waals surface area contributed by atoms with E-state index in [1.807, 2.05) is 0 Å². The Bertz CT molecular complexity index is 335. The van der Waals surface area contributed by atoms with Crippen LogP contribution in [0.2, 0.25) is 0 Å². The first-order valence-electron chi connectivity index (χ1n) is 4.90. The zero-order valence-corrected chi connectivity index (χ0v) is 8.73. The summed E-state index contributed by atoms with van der Waals surface area (Å²) in [6.07, 6.45) is 1.54. The number of carbonyl (C=O) groups is 2. The molecule has 0 radical (unpaired) electrons. The van der Waals surface area contributed by atoms with Gasteiger partial charge >= 0.3 is 5.97 Å². The van der Waals surface area contributed by atoms with Crippen LogP contribution < -0.4 is 10.6 Å². The zero-order chi connectivity index (χ0) is 11.8. The molecule has 1 amide bonds. The van der Waals surface area contributed by atoms with E-state index >= 15 is 0 Å². The first-order chi connectivity index (χ1) is 7.68. The highest BCUT2D eigenvalue weighted by atomic mass is 16.4. The van der Waals surface area contributed by atoms with Crippen molar-refractivity contribution >= 4 is 11.9 Å². The predicted molar refractivity (Wildman–Crippen MR) is 55.7 cm³/mol. The van der Waals surface area contributed by atoms with Crippen molar-refractivity contribution in [2.45, 2.75) is 13.0 Å². The minimum atomic E-state index is -0.886. The minimum absolute atomic E-state index is 0.00542. The normalized spacial score (nSPS) is 10.0. The van der Waals surface area contributed by atoms with Gasteiger partial charge in [-0.15, -0.1) is 0 Å². The Morgan fingerprint density at radius 3 is 2.88 bits per heavy atom. The number of carboxylic acids is 1. The Morgan fingerprint density at radius 2 is 2.25 bits per heavy atom. The third-order valence-corrected chi connectivity index (χ3v) is 1.84. The second-order valence-corrected chi connectivity index (χ2v) is 3.18. The van der Waals surface area contributed by atoms with Crippen molar-refractivity contribution in [2.24, 2.45) is 0 Å². The van der Waals surface area contributed by atoms with Gasteiger partial charge in [-0.25, -0.2) is 0 Å². The molecule has 88 valence electrons. The first-order valence-corrected chi connectivity index (χ1v) is 4.90. The maximum atomic E-state index is 11.2. The predicted octanol–water partition coefficient (Wildman–Crippen LogP) is -0.0399. The Hall–Kier alpha value is -1.82. The van der Waals surface area contributed by atoms with E-state index in [0.717, 1.165) is 0 Å². The molecule has 0 fully saturated rings. The van der Waals surface area contributed by atoms with E-state index in [1.54, 1.807) is 12.1 Å². The van der Waals surface area contributed by atoms with Gasteiger partial charge in [0.25, 0.3) is 0 Å². The lowest BCUT2D eigenvalue weighted by Gasteiger charge is -2.04. The molecule has 6 nitrogen and oxygen atoms in total. The van der Waals surface area contributed by atoms with Crippen LogP contribution in [0.3, 0.4) is 0 Å².